The predicted octanol–water partition coefficient (Wildman–Crippen LogP) is 1.79. The van der Waals surface area contributed by atoms with Crippen LogP contribution >= 0.6 is 0 Å². The Labute approximate surface area is 112 Å². The molecule has 0 aliphatic carbocycles. The molecule has 18 heavy (non-hydrogen) atoms. The van der Waals surface area contributed by atoms with Gasteiger partial charge in [0.25, 0.3) is 0 Å². The van der Waals surface area contributed by atoms with E-state index >= 15 is 0 Å². The molecule has 4 heteroatoms. The number of rotatable bonds is 9. The van der Waals surface area contributed by atoms with Crippen LogP contribution in [0.15, 0.2) is 12.2 Å². The van der Waals surface area contributed by atoms with Gasteiger partial charge in [0.2, 0.25) is 0 Å². The van der Waals surface area contributed by atoms with Gasteiger partial charge >= 0.3 is 0 Å². The van der Waals surface area contributed by atoms with Gasteiger partial charge in [-0.2, -0.15) is 5.26 Å². The van der Waals surface area contributed by atoms with Crippen molar-refractivity contribution < 1.29 is 4.74 Å². The second-order valence-electron chi connectivity index (χ2n) is 5.53. The first-order valence-corrected chi connectivity index (χ1v) is 6.39. The topological polar surface area (TPSA) is 48.3 Å². The molecule has 0 bridgehead atoms. The van der Waals surface area contributed by atoms with Gasteiger partial charge in [0.15, 0.2) is 0 Å². The van der Waals surface area contributed by atoms with Crippen LogP contribution in [0.3, 0.4) is 0 Å². The van der Waals surface area contributed by atoms with Crippen LogP contribution < -0.4 is 5.32 Å². The van der Waals surface area contributed by atoms with E-state index in [1.165, 1.54) is 0 Å². The van der Waals surface area contributed by atoms with Crippen LogP contribution in [-0.4, -0.2) is 50.3 Å². The highest BCUT2D eigenvalue weighted by Gasteiger charge is 2.11. The summed E-state index contributed by atoms with van der Waals surface area (Å²) in [7, 11) is 1.69. The first-order chi connectivity index (χ1) is 8.39. The summed E-state index contributed by atoms with van der Waals surface area (Å²) in [5.74, 6) is 0. The zero-order valence-corrected chi connectivity index (χ0v) is 12.3. The molecular weight excluding hydrogens is 226 g/mol. The zero-order valence-electron chi connectivity index (χ0n) is 12.3. The van der Waals surface area contributed by atoms with E-state index in [0.29, 0.717) is 13.0 Å². The molecule has 0 saturated heterocycles. The number of ether oxygens (including phenoxy) is 1. The summed E-state index contributed by atoms with van der Waals surface area (Å²) in [6.07, 6.45) is 0.545. The van der Waals surface area contributed by atoms with Gasteiger partial charge < -0.3 is 10.1 Å². The maximum atomic E-state index is 8.64. The van der Waals surface area contributed by atoms with Gasteiger partial charge in [-0.15, -0.1) is 0 Å². The third-order valence-electron chi connectivity index (χ3n) is 2.47. The normalized spacial score (nSPS) is 11.6. The molecular formula is C14H27N3O. The number of methoxy groups -OCH3 is 1. The van der Waals surface area contributed by atoms with E-state index in [-0.39, 0.29) is 5.54 Å². The van der Waals surface area contributed by atoms with Gasteiger partial charge in [0.1, 0.15) is 0 Å². The van der Waals surface area contributed by atoms with E-state index in [1.807, 2.05) is 0 Å². The average Bonchev–Trinajstić information content (AvgIpc) is 2.29. The van der Waals surface area contributed by atoms with Crippen LogP contribution in [0.5, 0.6) is 0 Å². The molecule has 1 N–H and O–H groups in total. The van der Waals surface area contributed by atoms with Gasteiger partial charge in [-0.1, -0.05) is 6.58 Å². The summed E-state index contributed by atoms with van der Waals surface area (Å²) in [4.78, 5) is 2.21. The molecule has 104 valence electrons. The lowest BCUT2D eigenvalue weighted by Crippen LogP contribution is -2.39. The molecule has 0 aromatic carbocycles. The second kappa shape index (κ2) is 9.09. The fourth-order valence-electron chi connectivity index (χ4n) is 1.46. The molecule has 0 atom stereocenters. The molecule has 4 nitrogen and oxygen atoms in total. The Kier molecular flexibility index (Phi) is 8.65. The van der Waals surface area contributed by atoms with E-state index in [4.69, 9.17) is 10.00 Å². The van der Waals surface area contributed by atoms with Crippen LogP contribution in [0, 0.1) is 11.3 Å². The number of hydrogen-bond acceptors (Lipinski definition) is 4. The van der Waals surface area contributed by atoms with E-state index in [2.05, 4.69) is 43.6 Å². The monoisotopic (exact) mass is 253 g/mol. The average molecular weight is 253 g/mol. The van der Waals surface area contributed by atoms with Crippen LogP contribution in [0.2, 0.25) is 0 Å². The van der Waals surface area contributed by atoms with Crippen molar-refractivity contribution >= 4 is 0 Å². The Morgan fingerprint density at radius 1 is 1.39 bits per heavy atom. The summed E-state index contributed by atoms with van der Waals surface area (Å²) >= 11 is 0. The number of nitriles is 1. The van der Waals surface area contributed by atoms with Crippen molar-refractivity contribution in [3.8, 4) is 6.07 Å². The standard InChI is InChI=1S/C14H27N3O/c1-13(11-16-14(2,3)4)12-17(8-6-7-15)9-10-18-5/h16H,1,6,8-12H2,2-5H3. The molecule has 0 spiro atoms. The minimum absolute atomic E-state index is 0.104. The van der Waals surface area contributed by atoms with Gasteiger partial charge in [-0.25, -0.2) is 0 Å². The molecule has 0 aromatic rings. The lowest BCUT2D eigenvalue weighted by molar-refractivity contribution is 0.153. The molecule has 0 heterocycles. The molecule has 0 radical (unpaired) electrons. The van der Waals surface area contributed by atoms with Gasteiger partial charge in [-0.05, 0) is 26.3 Å². The quantitative estimate of drug-likeness (QED) is 0.637. The van der Waals surface area contributed by atoms with E-state index in [0.717, 1.165) is 31.8 Å². The number of nitrogens with zero attached hydrogens (tertiary/aromatic N) is 2. The SMILES string of the molecule is C=C(CNC(C)(C)C)CN(CCC#N)CCOC. The van der Waals surface area contributed by atoms with Crippen molar-refractivity contribution in [2.24, 2.45) is 0 Å². The summed E-state index contributed by atoms with van der Waals surface area (Å²) in [6, 6.07) is 2.18. The Bertz CT molecular complexity index is 276. The van der Waals surface area contributed by atoms with E-state index < -0.39 is 0 Å². The van der Waals surface area contributed by atoms with Crippen LogP contribution in [0.1, 0.15) is 27.2 Å². The smallest absolute Gasteiger partial charge is 0.0635 e. The Hall–Kier alpha value is -0.890. The first kappa shape index (κ1) is 17.1. The lowest BCUT2D eigenvalue weighted by Gasteiger charge is -2.25. The fraction of sp³-hybridized carbons (Fsp3) is 0.786. The first-order valence-electron chi connectivity index (χ1n) is 6.39. The van der Waals surface area contributed by atoms with Crippen molar-refractivity contribution in [1.29, 1.82) is 5.26 Å². The van der Waals surface area contributed by atoms with E-state index in [9.17, 15) is 0 Å². The highest BCUT2D eigenvalue weighted by Crippen LogP contribution is 2.02. The van der Waals surface area contributed by atoms with Crippen LogP contribution in [0.4, 0.5) is 0 Å². The van der Waals surface area contributed by atoms with Crippen molar-refractivity contribution in [2.45, 2.75) is 32.7 Å². The summed E-state index contributed by atoms with van der Waals surface area (Å²) < 4.78 is 5.08. The fourth-order valence-corrected chi connectivity index (χ4v) is 1.46. The van der Waals surface area contributed by atoms with Crippen LogP contribution in [0.25, 0.3) is 0 Å². The Morgan fingerprint density at radius 2 is 2.06 bits per heavy atom. The minimum Gasteiger partial charge on any atom is -0.383 e. The largest absolute Gasteiger partial charge is 0.383 e. The molecule has 0 aliphatic heterocycles. The molecule has 0 fully saturated rings. The summed E-state index contributed by atoms with van der Waals surface area (Å²) in [5, 5.41) is 12.1. The number of hydrogen-bond donors (Lipinski definition) is 1. The van der Waals surface area contributed by atoms with Crippen molar-refractivity contribution in [3.63, 3.8) is 0 Å². The van der Waals surface area contributed by atoms with Crippen molar-refractivity contribution in [1.82, 2.24) is 10.2 Å². The molecule has 0 unspecified atom stereocenters. The molecule has 0 aromatic heterocycles. The minimum atomic E-state index is 0.104. The third kappa shape index (κ3) is 10.3. The maximum Gasteiger partial charge on any atom is 0.0635 e. The Balaban J connectivity index is 4.05. The highest BCUT2D eigenvalue weighted by molar-refractivity contribution is 5.01. The maximum absolute atomic E-state index is 8.64. The summed E-state index contributed by atoms with van der Waals surface area (Å²) in [5.41, 5.74) is 1.24. The second-order valence-corrected chi connectivity index (χ2v) is 5.53. The molecule has 0 saturated carbocycles. The van der Waals surface area contributed by atoms with Gasteiger partial charge in [0, 0.05) is 45.2 Å². The molecule has 0 aliphatic rings. The Morgan fingerprint density at radius 3 is 2.56 bits per heavy atom. The predicted molar refractivity (Wildman–Crippen MR) is 75.4 cm³/mol. The summed E-state index contributed by atoms with van der Waals surface area (Å²) in [6.45, 7) is 14.4. The van der Waals surface area contributed by atoms with Gasteiger partial charge in [0.05, 0.1) is 12.7 Å². The lowest BCUT2D eigenvalue weighted by atomic mass is 10.1. The molecule has 0 amide bonds. The van der Waals surface area contributed by atoms with Crippen LogP contribution in [-0.2, 0) is 4.74 Å². The third-order valence-corrected chi connectivity index (χ3v) is 2.47. The van der Waals surface area contributed by atoms with Gasteiger partial charge in [-0.3, -0.25) is 4.90 Å². The zero-order chi connectivity index (χ0) is 14.0. The highest BCUT2D eigenvalue weighted by atomic mass is 16.5. The van der Waals surface area contributed by atoms with E-state index in [1.54, 1.807) is 7.11 Å². The van der Waals surface area contributed by atoms with Crippen molar-refractivity contribution in [3.05, 3.63) is 12.2 Å². The van der Waals surface area contributed by atoms with Crippen molar-refractivity contribution in [2.75, 3.05) is 39.9 Å². The number of nitrogens with one attached hydrogen (secondary N) is 1. The molecule has 0 rings (SSSR count).